The fourth-order valence-electron chi connectivity index (χ4n) is 4.57. The second-order valence-electron chi connectivity index (χ2n) is 7.73. The van der Waals surface area contributed by atoms with Gasteiger partial charge >= 0.3 is 0 Å². The highest BCUT2D eigenvalue weighted by Gasteiger charge is 2.29. The number of nitrogens with zero attached hydrogens (tertiary/aromatic N) is 2. The molecular formula is C19H32N2O2. The minimum Gasteiger partial charge on any atom is -0.339 e. The largest absolute Gasteiger partial charge is 0.339 e. The van der Waals surface area contributed by atoms with Gasteiger partial charge in [0.15, 0.2) is 0 Å². The number of piperazine rings is 1. The lowest BCUT2D eigenvalue weighted by Gasteiger charge is -2.37. The van der Waals surface area contributed by atoms with E-state index in [2.05, 4.69) is 0 Å². The van der Waals surface area contributed by atoms with Crippen molar-refractivity contribution in [2.24, 2.45) is 11.8 Å². The van der Waals surface area contributed by atoms with Crippen LogP contribution in [-0.2, 0) is 9.59 Å². The maximum absolute atomic E-state index is 12.6. The fraction of sp³-hybridized carbons (Fsp3) is 0.895. The average molecular weight is 320 g/mol. The Kier molecular flexibility index (Phi) is 5.96. The zero-order valence-corrected chi connectivity index (χ0v) is 14.5. The molecule has 0 aromatic rings. The van der Waals surface area contributed by atoms with Crippen LogP contribution in [-0.4, -0.2) is 47.8 Å². The van der Waals surface area contributed by atoms with E-state index in [1.807, 2.05) is 9.80 Å². The normalized spacial score (nSPS) is 24.2. The smallest absolute Gasteiger partial charge is 0.225 e. The maximum atomic E-state index is 12.6. The summed E-state index contributed by atoms with van der Waals surface area (Å²) < 4.78 is 0. The van der Waals surface area contributed by atoms with Gasteiger partial charge in [0.25, 0.3) is 0 Å². The molecule has 3 aliphatic rings. The van der Waals surface area contributed by atoms with Crippen LogP contribution in [0.2, 0.25) is 0 Å². The number of rotatable bonds is 4. The Morgan fingerprint density at radius 2 is 1.30 bits per heavy atom. The molecule has 4 heteroatoms. The Hall–Kier alpha value is -1.06. The molecule has 1 saturated heterocycles. The number of hydrogen-bond acceptors (Lipinski definition) is 2. The summed E-state index contributed by atoms with van der Waals surface area (Å²) in [7, 11) is 0. The molecule has 4 nitrogen and oxygen atoms in total. The first-order valence-corrected chi connectivity index (χ1v) is 9.80. The van der Waals surface area contributed by atoms with Gasteiger partial charge in [-0.05, 0) is 25.2 Å². The average Bonchev–Trinajstić information content (AvgIpc) is 3.13. The second-order valence-corrected chi connectivity index (χ2v) is 7.73. The van der Waals surface area contributed by atoms with Crippen molar-refractivity contribution in [1.29, 1.82) is 0 Å². The predicted octanol–water partition coefficient (Wildman–Crippen LogP) is 3.21. The van der Waals surface area contributed by atoms with Crippen LogP contribution in [0.15, 0.2) is 0 Å². The lowest BCUT2D eigenvalue weighted by Crippen LogP contribution is -2.52. The molecule has 3 fully saturated rings. The third-order valence-electron chi connectivity index (χ3n) is 6.14. The number of carbonyl (C=O) groups is 2. The molecule has 0 atom stereocenters. The van der Waals surface area contributed by atoms with Gasteiger partial charge in [-0.15, -0.1) is 0 Å². The quantitative estimate of drug-likeness (QED) is 0.798. The molecule has 1 heterocycles. The topological polar surface area (TPSA) is 40.6 Å². The van der Waals surface area contributed by atoms with Crippen LogP contribution in [0.3, 0.4) is 0 Å². The molecule has 1 aliphatic heterocycles. The summed E-state index contributed by atoms with van der Waals surface area (Å²) in [5, 5.41) is 0. The van der Waals surface area contributed by atoms with Crippen LogP contribution in [0.5, 0.6) is 0 Å². The van der Waals surface area contributed by atoms with Gasteiger partial charge in [-0.1, -0.05) is 44.9 Å². The predicted molar refractivity (Wildman–Crippen MR) is 90.9 cm³/mol. The zero-order valence-electron chi connectivity index (χ0n) is 14.5. The van der Waals surface area contributed by atoms with Gasteiger partial charge in [0.1, 0.15) is 0 Å². The Balaban J connectivity index is 1.38. The molecule has 2 aliphatic carbocycles. The first-order valence-electron chi connectivity index (χ1n) is 9.80. The van der Waals surface area contributed by atoms with Crippen LogP contribution in [0.1, 0.15) is 70.6 Å². The van der Waals surface area contributed by atoms with E-state index in [-0.39, 0.29) is 5.92 Å². The Morgan fingerprint density at radius 1 is 0.739 bits per heavy atom. The molecular weight excluding hydrogens is 288 g/mol. The van der Waals surface area contributed by atoms with E-state index < -0.39 is 0 Å². The molecule has 0 spiro atoms. The van der Waals surface area contributed by atoms with Crippen molar-refractivity contribution in [2.75, 3.05) is 26.2 Å². The van der Waals surface area contributed by atoms with Crippen LogP contribution < -0.4 is 0 Å². The fourth-order valence-corrected chi connectivity index (χ4v) is 4.57. The van der Waals surface area contributed by atoms with Crippen molar-refractivity contribution in [2.45, 2.75) is 70.6 Å². The zero-order chi connectivity index (χ0) is 16.1. The first kappa shape index (κ1) is 16.8. The highest BCUT2D eigenvalue weighted by atomic mass is 16.2. The first-order chi connectivity index (χ1) is 11.2. The van der Waals surface area contributed by atoms with Crippen molar-refractivity contribution in [3.63, 3.8) is 0 Å². The van der Waals surface area contributed by atoms with Crippen LogP contribution >= 0.6 is 0 Å². The molecule has 0 unspecified atom stereocenters. The van der Waals surface area contributed by atoms with Gasteiger partial charge in [-0.3, -0.25) is 9.59 Å². The maximum Gasteiger partial charge on any atom is 0.225 e. The van der Waals surface area contributed by atoms with Crippen LogP contribution in [0.4, 0.5) is 0 Å². The Labute approximate surface area is 140 Å². The molecule has 0 aromatic heterocycles. The van der Waals surface area contributed by atoms with Gasteiger partial charge in [0.2, 0.25) is 11.8 Å². The van der Waals surface area contributed by atoms with Gasteiger partial charge in [0, 0.05) is 38.5 Å². The molecule has 130 valence electrons. The van der Waals surface area contributed by atoms with E-state index in [1.165, 1.54) is 44.9 Å². The van der Waals surface area contributed by atoms with Crippen LogP contribution in [0, 0.1) is 11.8 Å². The minimum absolute atomic E-state index is 0.258. The summed E-state index contributed by atoms with van der Waals surface area (Å²) in [6.07, 6.45) is 12.9. The Bertz CT molecular complexity index is 404. The second kappa shape index (κ2) is 8.16. The standard InChI is InChI=1S/C19H32N2O2/c22-18(11-10-16-6-4-5-7-16)20-12-14-21(15-13-20)19(23)17-8-2-1-3-9-17/h16-17H,1-15H2. The number of amides is 2. The summed E-state index contributed by atoms with van der Waals surface area (Å²) >= 11 is 0. The molecule has 2 amide bonds. The van der Waals surface area contributed by atoms with E-state index >= 15 is 0 Å². The molecule has 0 aromatic carbocycles. The van der Waals surface area contributed by atoms with Gasteiger partial charge in [-0.2, -0.15) is 0 Å². The molecule has 0 N–H and O–H groups in total. The summed E-state index contributed by atoms with van der Waals surface area (Å²) in [5.41, 5.74) is 0. The lowest BCUT2D eigenvalue weighted by atomic mass is 9.88. The lowest BCUT2D eigenvalue weighted by molar-refractivity contribution is -0.143. The van der Waals surface area contributed by atoms with E-state index in [4.69, 9.17) is 0 Å². The molecule has 23 heavy (non-hydrogen) atoms. The molecule has 2 saturated carbocycles. The SMILES string of the molecule is O=C(CCC1CCCC1)N1CCN(C(=O)C2CCCCC2)CC1. The van der Waals surface area contributed by atoms with Crippen molar-refractivity contribution < 1.29 is 9.59 Å². The summed E-state index contributed by atoms with van der Waals surface area (Å²) in [4.78, 5) is 28.9. The third kappa shape index (κ3) is 4.48. The van der Waals surface area contributed by atoms with Crippen molar-refractivity contribution in [3.05, 3.63) is 0 Å². The minimum atomic E-state index is 0.258. The van der Waals surface area contributed by atoms with E-state index in [0.29, 0.717) is 18.2 Å². The van der Waals surface area contributed by atoms with Crippen molar-refractivity contribution in [1.82, 2.24) is 9.80 Å². The summed E-state index contributed by atoms with van der Waals surface area (Å²) in [5.74, 6) is 1.70. The van der Waals surface area contributed by atoms with Gasteiger partial charge in [-0.25, -0.2) is 0 Å². The summed E-state index contributed by atoms with van der Waals surface area (Å²) in [6.45, 7) is 2.96. The third-order valence-corrected chi connectivity index (χ3v) is 6.14. The van der Waals surface area contributed by atoms with E-state index in [0.717, 1.165) is 51.4 Å². The van der Waals surface area contributed by atoms with E-state index in [9.17, 15) is 9.59 Å². The van der Waals surface area contributed by atoms with Crippen molar-refractivity contribution in [3.8, 4) is 0 Å². The van der Waals surface area contributed by atoms with Gasteiger partial charge in [0.05, 0.1) is 0 Å². The number of carbonyl (C=O) groups excluding carboxylic acids is 2. The molecule has 0 bridgehead atoms. The number of hydrogen-bond donors (Lipinski definition) is 0. The molecule has 0 radical (unpaired) electrons. The van der Waals surface area contributed by atoms with Gasteiger partial charge < -0.3 is 9.80 Å². The Morgan fingerprint density at radius 3 is 1.96 bits per heavy atom. The highest BCUT2D eigenvalue weighted by Crippen LogP contribution is 2.29. The summed E-state index contributed by atoms with van der Waals surface area (Å²) in [6, 6.07) is 0. The highest BCUT2D eigenvalue weighted by molar-refractivity contribution is 5.80. The monoisotopic (exact) mass is 320 g/mol. The van der Waals surface area contributed by atoms with E-state index in [1.54, 1.807) is 0 Å². The van der Waals surface area contributed by atoms with Crippen LogP contribution in [0.25, 0.3) is 0 Å². The molecule has 3 rings (SSSR count). The van der Waals surface area contributed by atoms with Crippen molar-refractivity contribution >= 4 is 11.8 Å².